The molecule has 0 spiro atoms. The molecule has 0 bridgehead atoms. The second-order valence-electron chi connectivity index (χ2n) is 4.63. The number of aryl methyl sites for hydroxylation is 1. The van der Waals surface area contributed by atoms with E-state index in [4.69, 9.17) is 0 Å². The van der Waals surface area contributed by atoms with Gasteiger partial charge in [-0.25, -0.2) is 12.8 Å². The Morgan fingerprint density at radius 3 is 2.62 bits per heavy atom. The average molecular weight is 328 g/mol. The van der Waals surface area contributed by atoms with Crippen molar-refractivity contribution in [2.45, 2.75) is 18.4 Å². The molecule has 0 radical (unpaired) electrons. The summed E-state index contributed by atoms with van der Waals surface area (Å²) >= 11 is 1.38. The molecule has 0 saturated carbocycles. The van der Waals surface area contributed by atoms with Crippen molar-refractivity contribution in [2.75, 3.05) is 18.4 Å². The molecule has 0 aliphatic rings. The fourth-order valence-electron chi connectivity index (χ4n) is 2.09. The molecule has 2 aromatic rings. The van der Waals surface area contributed by atoms with Gasteiger partial charge in [-0.05, 0) is 37.0 Å². The molecule has 1 aromatic carbocycles. The minimum Gasteiger partial charge on any atom is -0.315 e. The van der Waals surface area contributed by atoms with E-state index in [1.54, 1.807) is 25.4 Å². The van der Waals surface area contributed by atoms with Crippen molar-refractivity contribution in [3.63, 3.8) is 0 Å². The number of halogens is 1. The third-order valence-corrected chi connectivity index (χ3v) is 6.37. The van der Waals surface area contributed by atoms with E-state index in [1.165, 1.54) is 36.6 Å². The summed E-state index contributed by atoms with van der Waals surface area (Å²) in [5.74, 6) is -0.563. The van der Waals surface area contributed by atoms with Crippen LogP contribution in [0.3, 0.4) is 0 Å². The Morgan fingerprint density at radius 2 is 2.00 bits per heavy atom. The molecule has 0 fully saturated rings. The lowest BCUT2D eigenvalue weighted by atomic mass is 10.3. The van der Waals surface area contributed by atoms with Gasteiger partial charge in [-0.15, -0.1) is 11.3 Å². The van der Waals surface area contributed by atoms with Gasteiger partial charge in [-0.2, -0.15) is 0 Å². The largest absolute Gasteiger partial charge is 0.315 e. The third-order valence-electron chi connectivity index (χ3n) is 3.14. The van der Waals surface area contributed by atoms with E-state index in [0.717, 1.165) is 9.18 Å². The summed E-state index contributed by atoms with van der Waals surface area (Å²) < 4.78 is 40.4. The van der Waals surface area contributed by atoms with E-state index in [9.17, 15) is 12.8 Å². The van der Waals surface area contributed by atoms with Crippen molar-refractivity contribution in [2.24, 2.45) is 0 Å². The zero-order valence-electron chi connectivity index (χ0n) is 12.1. The predicted octanol–water partition coefficient (Wildman–Crippen LogP) is 2.74. The summed E-state index contributed by atoms with van der Waals surface area (Å²) in [5.41, 5.74) is 0.715. The molecule has 0 amide bonds. The summed E-state index contributed by atoms with van der Waals surface area (Å²) in [6, 6.07) is 5.84. The molecule has 0 aliphatic heterocycles. The van der Waals surface area contributed by atoms with Gasteiger partial charge in [0, 0.05) is 18.5 Å². The standard InChI is InChI=1S/C14H17FN2O2S2/c1-10-9-20-13(8-16-2)14(10)21(18,19)17(3)12-7-5-4-6-11(12)15/h4-7,9,16H,8H2,1-3H3. The van der Waals surface area contributed by atoms with Crippen LogP contribution in [0.5, 0.6) is 0 Å². The van der Waals surface area contributed by atoms with Crippen LogP contribution in [0.4, 0.5) is 10.1 Å². The third kappa shape index (κ3) is 2.95. The zero-order chi connectivity index (χ0) is 15.6. The van der Waals surface area contributed by atoms with E-state index in [1.807, 2.05) is 0 Å². The Morgan fingerprint density at radius 1 is 1.33 bits per heavy atom. The molecule has 0 unspecified atom stereocenters. The van der Waals surface area contributed by atoms with Crippen LogP contribution in [0.2, 0.25) is 0 Å². The maximum Gasteiger partial charge on any atom is 0.265 e. The molecule has 1 aromatic heterocycles. The number of thiophene rings is 1. The van der Waals surface area contributed by atoms with Crippen LogP contribution >= 0.6 is 11.3 Å². The lowest BCUT2D eigenvalue weighted by Crippen LogP contribution is -2.28. The molecule has 0 saturated heterocycles. The fourth-order valence-corrected chi connectivity index (χ4v) is 5.06. The van der Waals surface area contributed by atoms with Gasteiger partial charge in [-0.1, -0.05) is 12.1 Å². The molecule has 1 N–H and O–H groups in total. The normalized spacial score (nSPS) is 11.6. The van der Waals surface area contributed by atoms with E-state index in [-0.39, 0.29) is 10.6 Å². The molecule has 21 heavy (non-hydrogen) atoms. The first-order valence-corrected chi connectivity index (χ1v) is 8.66. The smallest absolute Gasteiger partial charge is 0.265 e. The van der Waals surface area contributed by atoms with Crippen molar-refractivity contribution >= 4 is 27.0 Å². The molecule has 0 aliphatic carbocycles. The Kier molecular flexibility index (Phi) is 4.65. The maximum atomic E-state index is 13.8. The minimum absolute atomic E-state index is 0.0403. The molecule has 7 heteroatoms. The first-order chi connectivity index (χ1) is 9.89. The van der Waals surface area contributed by atoms with Gasteiger partial charge in [-0.3, -0.25) is 4.31 Å². The highest BCUT2D eigenvalue weighted by molar-refractivity contribution is 7.93. The summed E-state index contributed by atoms with van der Waals surface area (Å²) in [6.45, 7) is 2.20. The van der Waals surface area contributed by atoms with Crippen molar-refractivity contribution in [3.8, 4) is 0 Å². The molecule has 2 rings (SSSR count). The summed E-state index contributed by atoms with van der Waals surface area (Å²) in [5, 5.41) is 4.75. The predicted molar refractivity (Wildman–Crippen MR) is 83.8 cm³/mol. The monoisotopic (exact) mass is 328 g/mol. The van der Waals surface area contributed by atoms with Gasteiger partial charge in [0.1, 0.15) is 10.7 Å². The number of anilines is 1. The van der Waals surface area contributed by atoms with Gasteiger partial charge in [0.2, 0.25) is 0 Å². The Labute approximate surface area is 128 Å². The number of nitrogens with one attached hydrogen (secondary N) is 1. The lowest BCUT2D eigenvalue weighted by Gasteiger charge is -2.21. The SMILES string of the molecule is CNCc1scc(C)c1S(=O)(=O)N(C)c1ccccc1F. The first kappa shape index (κ1) is 15.9. The molecule has 0 atom stereocenters. The number of hydrogen-bond acceptors (Lipinski definition) is 4. The summed E-state index contributed by atoms with van der Waals surface area (Å²) in [4.78, 5) is 0.978. The quantitative estimate of drug-likeness (QED) is 0.918. The van der Waals surface area contributed by atoms with Gasteiger partial charge in [0.05, 0.1) is 5.69 Å². The van der Waals surface area contributed by atoms with E-state index < -0.39 is 15.8 Å². The van der Waals surface area contributed by atoms with Crippen LogP contribution in [0.15, 0.2) is 34.5 Å². The van der Waals surface area contributed by atoms with Crippen molar-refractivity contribution in [3.05, 3.63) is 45.9 Å². The lowest BCUT2D eigenvalue weighted by molar-refractivity contribution is 0.588. The Bertz CT molecular complexity index is 741. The first-order valence-electron chi connectivity index (χ1n) is 6.34. The molecule has 1 heterocycles. The topological polar surface area (TPSA) is 49.4 Å². The van der Waals surface area contributed by atoms with E-state index >= 15 is 0 Å². The number of sulfonamides is 1. The highest BCUT2D eigenvalue weighted by atomic mass is 32.2. The minimum atomic E-state index is -3.79. The highest BCUT2D eigenvalue weighted by Crippen LogP contribution is 2.32. The van der Waals surface area contributed by atoms with Crippen molar-refractivity contribution in [1.82, 2.24) is 5.32 Å². The van der Waals surface area contributed by atoms with E-state index in [0.29, 0.717) is 12.1 Å². The van der Waals surface area contributed by atoms with Crippen LogP contribution in [0.25, 0.3) is 0 Å². The summed E-state index contributed by atoms with van der Waals surface area (Å²) in [6.07, 6.45) is 0. The van der Waals surface area contributed by atoms with Crippen LogP contribution in [-0.2, 0) is 16.6 Å². The number of benzene rings is 1. The highest BCUT2D eigenvalue weighted by Gasteiger charge is 2.28. The molecular formula is C14H17FN2O2S2. The van der Waals surface area contributed by atoms with Gasteiger partial charge >= 0.3 is 0 Å². The second-order valence-corrected chi connectivity index (χ2v) is 7.50. The van der Waals surface area contributed by atoms with Crippen LogP contribution in [0, 0.1) is 12.7 Å². The molecular weight excluding hydrogens is 311 g/mol. The maximum absolute atomic E-state index is 13.8. The Hall–Kier alpha value is -1.44. The van der Waals surface area contributed by atoms with Crippen LogP contribution in [-0.4, -0.2) is 22.5 Å². The van der Waals surface area contributed by atoms with Crippen molar-refractivity contribution < 1.29 is 12.8 Å². The number of para-hydroxylation sites is 1. The fraction of sp³-hybridized carbons (Fsp3) is 0.286. The van der Waals surface area contributed by atoms with Gasteiger partial charge < -0.3 is 5.32 Å². The number of hydrogen-bond donors (Lipinski definition) is 1. The zero-order valence-corrected chi connectivity index (χ0v) is 13.7. The Balaban J connectivity index is 2.52. The van der Waals surface area contributed by atoms with Gasteiger partial charge in [0.25, 0.3) is 10.0 Å². The molecule has 114 valence electrons. The van der Waals surface area contributed by atoms with Gasteiger partial charge in [0.15, 0.2) is 0 Å². The van der Waals surface area contributed by atoms with Crippen LogP contribution < -0.4 is 9.62 Å². The number of nitrogens with zero attached hydrogens (tertiary/aromatic N) is 1. The number of rotatable bonds is 5. The average Bonchev–Trinajstić information content (AvgIpc) is 2.80. The molecule has 4 nitrogen and oxygen atoms in total. The van der Waals surface area contributed by atoms with Crippen molar-refractivity contribution in [1.29, 1.82) is 0 Å². The van der Waals surface area contributed by atoms with E-state index in [2.05, 4.69) is 5.32 Å². The summed E-state index contributed by atoms with van der Waals surface area (Å²) in [7, 11) is -0.666. The second kappa shape index (κ2) is 6.13. The van der Waals surface area contributed by atoms with Crippen LogP contribution in [0.1, 0.15) is 10.4 Å².